The van der Waals surface area contributed by atoms with E-state index in [2.05, 4.69) is 126 Å². The van der Waals surface area contributed by atoms with E-state index in [0.717, 1.165) is 86.8 Å². The maximum atomic E-state index is 13.4. The van der Waals surface area contributed by atoms with Gasteiger partial charge in [0.05, 0.1) is 11.8 Å². The molecule has 7 aromatic heterocycles. The minimum absolute atomic E-state index is 0.00731. The lowest BCUT2D eigenvalue weighted by molar-refractivity contribution is -0.156. The second-order valence-corrected chi connectivity index (χ2v) is 25.9. The first-order valence-electron chi connectivity index (χ1n) is 25.9. The molecule has 0 aromatic carbocycles. The Bertz CT molecular complexity index is 2430. The molecule has 0 N–H and O–H groups in total. The van der Waals surface area contributed by atoms with Crippen molar-refractivity contribution in [3.63, 3.8) is 0 Å². The normalized spacial score (nSPS) is 13.4. The van der Waals surface area contributed by atoms with E-state index in [0.29, 0.717) is 0 Å². The maximum Gasteiger partial charge on any atom is 0.309 e. The largest absolute Gasteiger partial charge is 0.456 e. The highest BCUT2D eigenvalue weighted by atomic mass is 32.1. The number of thiophene rings is 7. The number of ether oxygens (including phenoxy) is 2. The summed E-state index contributed by atoms with van der Waals surface area (Å²) < 4.78 is 12.5. The zero-order chi connectivity index (χ0) is 48.5. The van der Waals surface area contributed by atoms with Crippen molar-refractivity contribution in [2.75, 3.05) is 0 Å². The van der Waals surface area contributed by atoms with Gasteiger partial charge >= 0.3 is 11.9 Å². The average Bonchev–Trinajstić information content (AvgIpc) is 4.21. The molecule has 7 aromatic rings. The highest BCUT2D eigenvalue weighted by Gasteiger charge is 2.26. The fourth-order valence-electron chi connectivity index (χ4n) is 8.78. The van der Waals surface area contributed by atoms with Gasteiger partial charge in [-0.2, -0.15) is 0 Å². The van der Waals surface area contributed by atoms with Gasteiger partial charge in [0.2, 0.25) is 0 Å². The Morgan fingerprint density at radius 3 is 0.841 bits per heavy atom. The Morgan fingerprint density at radius 1 is 0.333 bits per heavy atom. The van der Waals surface area contributed by atoms with Crippen LogP contribution in [0.1, 0.15) is 179 Å². The smallest absolute Gasteiger partial charge is 0.309 e. The molecule has 0 aliphatic heterocycles. The van der Waals surface area contributed by atoms with E-state index in [9.17, 15) is 9.59 Å². The topological polar surface area (TPSA) is 52.6 Å². The lowest BCUT2D eigenvalue weighted by Gasteiger charge is -2.20. The monoisotopic (exact) mass is 1060 g/mol. The van der Waals surface area contributed by atoms with Gasteiger partial charge in [0.1, 0.15) is 12.2 Å². The third kappa shape index (κ3) is 14.7. The fraction of sp³-hybridized carbons (Fsp3) is 0.483. The van der Waals surface area contributed by atoms with E-state index >= 15 is 0 Å². The predicted octanol–water partition coefficient (Wildman–Crippen LogP) is 21.7. The molecule has 0 radical (unpaired) electrons. The highest BCUT2D eigenvalue weighted by molar-refractivity contribution is 7.31. The van der Waals surface area contributed by atoms with E-state index in [-0.39, 0.29) is 36.0 Å². The van der Waals surface area contributed by atoms with E-state index in [4.69, 9.17) is 9.47 Å². The van der Waals surface area contributed by atoms with Gasteiger partial charge in [0.15, 0.2) is 0 Å². The van der Waals surface area contributed by atoms with Crippen molar-refractivity contribution in [2.45, 2.75) is 169 Å². The summed E-state index contributed by atoms with van der Waals surface area (Å²) in [5.74, 6) is -0.00275. The third-order valence-corrected chi connectivity index (χ3v) is 21.9. The second kappa shape index (κ2) is 27.6. The summed E-state index contributed by atoms with van der Waals surface area (Å²) in [6.07, 6.45) is 18.7. The lowest BCUT2D eigenvalue weighted by atomic mass is 9.95. The molecule has 4 atom stereocenters. The van der Waals surface area contributed by atoms with Gasteiger partial charge in [0, 0.05) is 68.3 Å². The van der Waals surface area contributed by atoms with Crippen LogP contribution in [-0.4, -0.2) is 11.9 Å². The van der Waals surface area contributed by atoms with Crippen LogP contribution in [-0.2, 0) is 19.1 Å². The Hall–Kier alpha value is -3.16. The molecule has 0 saturated heterocycles. The van der Waals surface area contributed by atoms with Crippen molar-refractivity contribution in [1.29, 1.82) is 0 Å². The first-order valence-corrected chi connectivity index (χ1v) is 31.6. The SMILES string of the molecule is CCCCCCC(CCCC)C(=O)OC(CC)c1ccc(-c2ccc(-c3ccc(-c4ccc(-c5ccc(-c6ccc(-c7ccc(C(CC)OC(=O)C(CCCC)CCCCCC)s7)s6)s5)s4)s3)s2)s1. The second-order valence-electron chi connectivity index (χ2n) is 18.3. The van der Waals surface area contributed by atoms with Gasteiger partial charge in [-0.3, -0.25) is 9.59 Å². The quantitative estimate of drug-likeness (QED) is 0.0333. The van der Waals surface area contributed by atoms with E-state index < -0.39 is 0 Å². The molecule has 7 heterocycles. The Kier molecular flexibility index (Phi) is 21.5. The molecule has 0 fully saturated rings. The number of hydrogen-bond acceptors (Lipinski definition) is 11. The Morgan fingerprint density at radius 2 is 0.580 bits per heavy atom. The summed E-state index contributed by atoms with van der Waals surface area (Å²) in [7, 11) is 0. The molecule has 0 bridgehead atoms. The lowest BCUT2D eigenvalue weighted by Crippen LogP contribution is -2.20. The fourth-order valence-corrected chi connectivity index (χ4v) is 16.6. The highest BCUT2D eigenvalue weighted by Crippen LogP contribution is 2.48. The van der Waals surface area contributed by atoms with Crippen molar-refractivity contribution < 1.29 is 19.1 Å². The Balaban J connectivity index is 0.949. The van der Waals surface area contributed by atoms with Crippen molar-refractivity contribution in [2.24, 2.45) is 11.8 Å². The predicted molar refractivity (Wildman–Crippen MR) is 306 cm³/mol. The van der Waals surface area contributed by atoms with Gasteiger partial charge in [-0.15, -0.1) is 79.4 Å². The molecular formula is C58H72O4S7. The van der Waals surface area contributed by atoms with Crippen molar-refractivity contribution in [1.82, 2.24) is 0 Å². The van der Waals surface area contributed by atoms with Crippen LogP contribution in [0.25, 0.3) is 58.5 Å². The van der Waals surface area contributed by atoms with Crippen LogP contribution in [0.2, 0.25) is 0 Å². The summed E-state index contributed by atoms with van der Waals surface area (Å²) in [5, 5.41) is 0. The van der Waals surface area contributed by atoms with Gasteiger partial charge in [-0.1, -0.05) is 119 Å². The minimum Gasteiger partial charge on any atom is -0.456 e. The first kappa shape index (κ1) is 53.6. The van der Waals surface area contributed by atoms with Gasteiger partial charge < -0.3 is 9.47 Å². The molecule has 0 spiro atoms. The first-order chi connectivity index (χ1) is 33.7. The van der Waals surface area contributed by atoms with Crippen LogP contribution >= 0.6 is 79.4 Å². The molecule has 0 aliphatic carbocycles. The van der Waals surface area contributed by atoms with Crippen LogP contribution < -0.4 is 0 Å². The van der Waals surface area contributed by atoms with Crippen LogP contribution in [0.3, 0.4) is 0 Å². The van der Waals surface area contributed by atoms with E-state index in [1.807, 2.05) is 56.7 Å². The summed E-state index contributed by atoms with van der Waals surface area (Å²) in [5.41, 5.74) is 0. The number of rotatable bonds is 30. The van der Waals surface area contributed by atoms with Gasteiger partial charge in [-0.25, -0.2) is 0 Å². The standard InChI is InChI=1S/C58H72O4S7/c1-7-13-17-19-23-39(21-15-9-3)57(59)61-41(11-5)43-25-27-45(63-43)47-29-31-49(65-47)51-33-35-53(67-51)55-37-38-56(69-55)54-36-34-52(68-54)50-32-30-48(66-50)46-28-26-44(64-46)42(12-6)62-58(60)40(22-16-10-4)24-20-18-14-8-2/h25-42H,7-24H2,1-6H3. The third-order valence-electron chi connectivity index (χ3n) is 12.9. The molecule has 7 rings (SSSR count). The van der Waals surface area contributed by atoms with Gasteiger partial charge in [0.25, 0.3) is 0 Å². The summed E-state index contributed by atoms with van der Waals surface area (Å²) in [6, 6.07) is 31.3. The molecular weight excluding hydrogens is 985 g/mol. The molecule has 11 heteroatoms. The number of carbonyl (C=O) groups excluding carboxylic acids is 2. The molecule has 0 amide bonds. The summed E-state index contributed by atoms with van der Waals surface area (Å²) in [4.78, 5) is 44.4. The molecule has 370 valence electrons. The molecule has 4 nitrogen and oxygen atoms in total. The zero-order valence-electron chi connectivity index (χ0n) is 41.6. The van der Waals surface area contributed by atoms with Crippen LogP contribution in [0.4, 0.5) is 0 Å². The van der Waals surface area contributed by atoms with Crippen molar-refractivity contribution in [3.05, 3.63) is 94.7 Å². The molecule has 0 aliphatic rings. The maximum absolute atomic E-state index is 13.4. The average molecular weight is 1060 g/mol. The minimum atomic E-state index is -0.195. The summed E-state index contributed by atoms with van der Waals surface area (Å²) in [6.45, 7) is 13.1. The van der Waals surface area contributed by atoms with Crippen LogP contribution in [0, 0.1) is 11.8 Å². The van der Waals surface area contributed by atoms with E-state index in [1.165, 1.54) is 97.1 Å². The Labute approximate surface area is 441 Å². The van der Waals surface area contributed by atoms with Crippen LogP contribution in [0.15, 0.2) is 84.9 Å². The summed E-state index contributed by atoms with van der Waals surface area (Å²) >= 11 is 12.8. The zero-order valence-corrected chi connectivity index (χ0v) is 47.3. The van der Waals surface area contributed by atoms with Gasteiger partial charge in [-0.05, 0) is 123 Å². The molecule has 69 heavy (non-hydrogen) atoms. The van der Waals surface area contributed by atoms with Crippen molar-refractivity contribution in [3.8, 4) is 58.5 Å². The number of unbranched alkanes of at least 4 members (excludes halogenated alkanes) is 8. The molecule has 0 saturated carbocycles. The number of hydrogen-bond donors (Lipinski definition) is 0. The molecule has 4 unspecified atom stereocenters. The number of carbonyl (C=O) groups is 2. The van der Waals surface area contributed by atoms with Crippen LogP contribution in [0.5, 0.6) is 0 Å². The van der Waals surface area contributed by atoms with E-state index in [1.54, 1.807) is 22.7 Å². The number of esters is 2. The van der Waals surface area contributed by atoms with Crippen molar-refractivity contribution >= 4 is 91.3 Å².